The predicted molar refractivity (Wildman–Crippen MR) is 104 cm³/mol. The van der Waals surface area contributed by atoms with Gasteiger partial charge in [-0.05, 0) is 35.2 Å². The molecular weight excluding hydrogens is 320 g/mol. The topological polar surface area (TPSA) is 42.7 Å². The summed E-state index contributed by atoms with van der Waals surface area (Å²) in [6.07, 6.45) is 2.57. The summed E-state index contributed by atoms with van der Waals surface area (Å²) in [5.41, 5.74) is 3.86. The van der Waals surface area contributed by atoms with E-state index < -0.39 is 0 Å². The van der Waals surface area contributed by atoms with Crippen molar-refractivity contribution in [1.29, 1.82) is 0 Å². The van der Waals surface area contributed by atoms with Crippen molar-refractivity contribution < 1.29 is 0 Å². The minimum Gasteiger partial charge on any atom is -0.348 e. The van der Waals surface area contributed by atoms with Gasteiger partial charge in [-0.2, -0.15) is 10.1 Å². The van der Waals surface area contributed by atoms with E-state index in [-0.39, 0.29) is 12.1 Å². The minimum absolute atomic E-state index is 0.158. The highest BCUT2D eigenvalue weighted by molar-refractivity contribution is 5.86. The summed E-state index contributed by atoms with van der Waals surface area (Å²) in [4.78, 5) is 4.45. The van der Waals surface area contributed by atoms with E-state index in [1.54, 1.807) is 6.33 Å². The number of nitrogens with one attached hydrogen (secondary N) is 1. The second-order valence-corrected chi connectivity index (χ2v) is 6.96. The van der Waals surface area contributed by atoms with E-state index in [9.17, 15) is 0 Å². The van der Waals surface area contributed by atoms with Crippen molar-refractivity contribution in [3.63, 3.8) is 0 Å². The Bertz CT molecular complexity index is 1060. The summed E-state index contributed by atoms with van der Waals surface area (Å²) in [6, 6.07) is 24.2. The van der Waals surface area contributed by atoms with Gasteiger partial charge in [0.15, 0.2) is 0 Å². The maximum Gasteiger partial charge on any atom is 0.222 e. The number of aryl methyl sites for hydroxylation is 1. The van der Waals surface area contributed by atoms with Gasteiger partial charge in [-0.1, -0.05) is 72.3 Å². The number of rotatable bonds is 2. The van der Waals surface area contributed by atoms with E-state index in [1.165, 1.54) is 27.5 Å². The molecule has 128 valence electrons. The van der Waals surface area contributed by atoms with E-state index in [1.807, 2.05) is 4.68 Å². The summed E-state index contributed by atoms with van der Waals surface area (Å²) in [5, 5.41) is 10.6. The Labute approximate surface area is 152 Å². The molecule has 2 heterocycles. The second-order valence-electron chi connectivity index (χ2n) is 6.96. The molecule has 4 aromatic rings. The van der Waals surface area contributed by atoms with Crippen LogP contribution in [0.3, 0.4) is 0 Å². The Kier molecular flexibility index (Phi) is 3.49. The number of anilines is 1. The SMILES string of the molecule is Cc1ccc([C@@H]2C[C@@H](c3cccc4ccccc34)n3ncnc3N2)cc1. The van der Waals surface area contributed by atoms with E-state index >= 15 is 0 Å². The van der Waals surface area contributed by atoms with Crippen LogP contribution in [-0.4, -0.2) is 14.8 Å². The Hall–Kier alpha value is -3.14. The monoisotopic (exact) mass is 340 g/mol. The molecule has 1 aromatic heterocycles. The molecule has 1 aliphatic rings. The van der Waals surface area contributed by atoms with Gasteiger partial charge in [-0.25, -0.2) is 4.68 Å². The van der Waals surface area contributed by atoms with Crippen LogP contribution in [0, 0.1) is 6.92 Å². The molecule has 5 rings (SSSR count). The molecule has 26 heavy (non-hydrogen) atoms. The Morgan fingerprint density at radius 2 is 1.77 bits per heavy atom. The lowest BCUT2D eigenvalue weighted by atomic mass is 9.90. The van der Waals surface area contributed by atoms with Gasteiger partial charge in [0.2, 0.25) is 5.95 Å². The van der Waals surface area contributed by atoms with E-state index in [4.69, 9.17) is 0 Å². The summed E-state index contributed by atoms with van der Waals surface area (Å²) in [5.74, 6) is 0.833. The maximum atomic E-state index is 4.51. The van der Waals surface area contributed by atoms with Crippen LogP contribution in [0.1, 0.15) is 35.2 Å². The number of nitrogens with zero attached hydrogens (tertiary/aromatic N) is 3. The molecule has 0 radical (unpaired) electrons. The molecule has 0 aliphatic carbocycles. The van der Waals surface area contributed by atoms with Crippen molar-refractivity contribution in [3.05, 3.63) is 89.7 Å². The third-order valence-electron chi connectivity index (χ3n) is 5.29. The fourth-order valence-corrected chi connectivity index (χ4v) is 3.94. The summed E-state index contributed by atoms with van der Waals surface area (Å²) >= 11 is 0. The Balaban J connectivity index is 1.62. The van der Waals surface area contributed by atoms with Crippen molar-refractivity contribution in [3.8, 4) is 0 Å². The Morgan fingerprint density at radius 3 is 2.65 bits per heavy atom. The Morgan fingerprint density at radius 1 is 0.962 bits per heavy atom. The highest BCUT2D eigenvalue weighted by atomic mass is 15.4. The van der Waals surface area contributed by atoms with Crippen LogP contribution in [-0.2, 0) is 0 Å². The average molecular weight is 340 g/mol. The molecule has 4 nitrogen and oxygen atoms in total. The normalized spacial score (nSPS) is 19.1. The van der Waals surface area contributed by atoms with Crippen LogP contribution in [0.5, 0.6) is 0 Å². The van der Waals surface area contributed by atoms with Crippen LogP contribution in [0.25, 0.3) is 10.8 Å². The molecule has 0 amide bonds. The first-order chi connectivity index (χ1) is 12.8. The first kappa shape index (κ1) is 15.1. The smallest absolute Gasteiger partial charge is 0.222 e. The van der Waals surface area contributed by atoms with E-state index in [2.05, 4.69) is 89.1 Å². The van der Waals surface area contributed by atoms with Crippen molar-refractivity contribution in [2.75, 3.05) is 5.32 Å². The molecule has 0 bridgehead atoms. The van der Waals surface area contributed by atoms with Crippen LogP contribution in [0.2, 0.25) is 0 Å². The van der Waals surface area contributed by atoms with Crippen LogP contribution in [0.15, 0.2) is 73.1 Å². The largest absolute Gasteiger partial charge is 0.348 e. The molecule has 0 unspecified atom stereocenters. The summed E-state index contributed by atoms with van der Waals surface area (Å²) < 4.78 is 2.02. The molecule has 4 heteroatoms. The first-order valence-corrected chi connectivity index (χ1v) is 9.00. The van der Waals surface area contributed by atoms with Crippen molar-refractivity contribution in [2.24, 2.45) is 0 Å². The molecule has 0 fully saturated rings. The van der Waals surface area contributed by atoms with Gasteiger partial charge in [0.05, 0.1) is 12.1 Å². The van der Waals surface area contributed by atoms with E-state index in [0.717, 1.165) is 12.4 Å². The lowest BCUT2D eigenvalue weighted by Gasteiger charge is -2.32. The van der Waals surface area contributed by atoms with Gasteiger partial charge in [-0.3, -0.25) is 0 Å². The van der Waals surface area contributed by atoms with Gasteiger partial charge < -0.3 is 5.32 Å². The van der Waals surface area contributed by atoms with Gasteiger partial charge in [0.1, 0.15) is 6.33 Å². The molecule has 0 saturated carbocycles. The van der Waals surface area contributed by atoms with Crippen molar-refractivity contribution >= 4 is 16.7 Å². The molecular formula is C22H20N4. The quantitative estimate of drug-likeness (QED) is 0.565. The van der Waals surface area contributed by atoms with Crippen LogP contribution >= 0.6 is 0 Å². The zero-order valence-electron chi connectivity index (χ0n) is 14.6. The zero-order chi connectivity index (χ0) is 17.5. The zero-order valence-corrected chi connectivity index (χ0v) is 14.6. The summed E-state index contributed by atoms with van der Waals surface area (Å²) in [7, 11) is 0. The van der Waals surface area contributed by atoms with Crippen LogP contribution in [0.4, 0.5) is 5.95 Å². The predicted octanol–water partition coefficient (Wildman–Crippen LogP) is 4.89. The number of hydrogen-bond acceptors (Lipinski definition) is 3. The fraction of sp³-hybridized carbons (Fsp3) is 0.182. The number of fused-ring (bicyclic) bond motifs is 2. The number of hydrogen-bond donors (Lipinski definition) is 1. The van der Waals surface area contributed by atoms with Crippen molar-refractivity contribution in [2.45, 2.75) is 25.4 Å². The minimum atomic E-state index is 0.158. The fourth-order valence-electron chi connectivity index (χ4n) is 3.94. The highest BCUT2D eigenvalue weighted by Gasteiger charge is 2.30. The number of aromatic nitrogens is 3. The van der Waals surface area contributed by atoms with Gasteiger partial charge in [-0.15, -0.1) is 0 Å². The molecule has 0 saturated heterocycles. The first-order valence-electron chi connectivity index (χ1n) is 9.00. The second kappa shape index (κ2) is 5.99. The molecule has 2 atom stereocenters. The molecule has 3 aromatic carbocycles. The molecule has 1 N–H and O–H groups in total. The van der Waals surface area contributed by atoms with Crippen LogP contribution < -0.4 is 5.32 Å². The standard InChI is InChI=1S/C22H20N4/c1-15-9-11-17(12-10-15)20-13-21(26-22(25-20)23-14-24-26)19-8-4-6-16-5-2-3-7-18(16)19/h2-12,14,20-21H,13H2,1H3,(H,23,24,25)/t20-,21-/m0/s1. The van der Waals surface area contributed by atoms with Gasteiger partial charge in [0.25, 0.3) is 0 Å². The third-order valence-corrected chi connectivity index (χ3v) is 5.29. The lowest BCUT2D eigenvalue weighted by molar-refractivity contribution is 0.433. The summed E-state index contributed by atoms with van der Waals surface area (Å²) in [6.45, 7) is 2.12. The molecule has 1 aliphatic heterocycles. The average Bonchev–Trinajstić information content (AvgIpc) is 3.16. The highest BCUT2D eigenvalue weighted by Crippen LogP contribution is 2.39. The van der Waals surface area contributed by atoms with E-state index in [0.29, 0.717) is 0 Å². The van der Waals surface area contributed by atoms with Gasteiger partial charge >= 0.3 is 0 Å². The van der Waals surface area contributed by atoms with Crippen molar-refractivity contribution in [1.82, 2.24) is 14.8 Å². The maximum absolute atomic E-state index is 4.51. The number of benzene rings is 3. The lowest BCUT2D eigenvalue weighted by Crippen LogP contribution is -2.28. The van der Waals surface area contributed by atoms with Gasteiger partial charge in [0, 0.05) is 0 Å². The molecule has 0 spiro atoms. The third kappa shape index (κ3) is 2.46.